The highest BCUT2D eigenvalue weighted by atomic mass is 19.4. The average molecular weight is 435 g/mol. The normalized spacial score (nSPS) is 19.9. The number of amides is 2. The molecule has 2 amide bonds. The molecule has 6 nitrogen and oxygen atoms in total. The number of alkyl halides is 3. The van der Waals surface area contributed by atoms with Crippen molar-refractivity contribution in [2.24, 2.45) is 10.5 Å². The number of fused-ring (bicyclic) bond motifs is 3. The highest BCUT2D eigenvalue weighted by Crippen LogP contribution is 2.42. The second kappa shape index (κ2) is 7.36. The van der Waals surface area contributed by atoms with Crippen LogP contribution < -0.4 is 5.32 Å². The summed E-state index contributed by atoms with van der Waals surface area (Å²) in [5.41, 5.74) is -0.879. The maximum absolute atomic E-state index is 14.3. The molecule has 10 heteroatoms. The van der Waals surface area contributed by atoms with Crippen LogP contribution >= 0.6 is 0 Å². The summed E-state index contributed by atoms with van der Waals surface area (Å²) in [5, 5.41) is 7.76. The van der Waals surface area contributed by atoms with Crippen LogP contribution in [0.1, 0.15) is 23.1 Å². The molecule has 4 rings (SSSR count). The molecule has 1 N–H and O–H groups in total. The van der Waals surface area contributed by atoms with Crippen molar-refractivity contribution in [3.05, 3.63) is 65.0 Å². The lowest BCUT2D eigenvalue weighted by molar-refractivity contribution is -0.149. The molecular weight excluding hydrogens is 418 g/mol. The lowest BCUT2D eigenvalue weighted by Gasteiger charge is -2.32. The van der Waals surface area contributed by atoms with Gasteiger partial charge in [0.2, 0.25) is 0 Å². The molecule has 2 aromatic carbocycles. The van der Waals surface area contributed by atoms with Crippen LogP contribution in [-0.2, 0) is 22.1 Å². The molecule has 1 aliphatic carbocycles. The van der Waals surface area contributed by atoms with Crippen LogP contribution in [0, 0.1) is 11.2 Å². The Bertz CT molecular complexity index is 1080. The molecule has 0 spiro atoms. The van der Waals surface area contributed by atoms with Crippen molar-refractivity contribution >= 4 is 23.4 Å². The summed E-state index contributed by atoms with van der Waals surface area (Å²) in [7, 11) is 1.22. The third-order valence-corrected chi connectivity index (χ3v) is 5.54. The van der Waals surface area contributed by atoms with E-state index < -0.39 is 35.0 Å². The van der Waals surface area contributed by atoms with Crippen molar-refractivity contribution in [3.63, 3.8) is 0 Å². The number of nitrogens with one attached hydrogen (secondary N) is 1. The predicted molar refractivity (Wildman–Crippen MR) is 103 cm³/mol. The molecule has 2 aliphatic rings. The Morgan fingerprint density at radius 2 is 1.87 bits per heavy atom. The molecule has 1 unspecified atom stereocenters. The quantitative estimate of drug-likeness (QED) is 0.568. The molecule has 1 heterocycles. The predicted octanol–water partition coefficient (Wildman–Crippen LogP) is 4.20. The first-order chi connectivity index (χ1) is 14.7. The summed E-state index contributed by atoms with van der Waals surface area (Å²) in [6.45, 7) is -0.128. The van der Waals surface area contributed by atoms with E-state index in [2.05, 4.69) is 10.4 Å². The summed E-state index contributed by atoms with van der Waals surface area (Å²) in [6.07, 6.45) is -4.02. The summed E-state index contributed by atoms with van der Waals surface area (Å²) < 4.78 is 57.3. The Labute approximate surface area is 174 Å². The molecule has 2 aromatic rings. The highest BCUT2D eigenvalue weighted by molar-refractivity contribution is 6.19. The van der Waals surface area contributed by atoms with Gasteiger partial charge in [-0.25, -0.2) is 14.2 Å². The van der Waals surface area contributed by atoms with Crippen molar-refractivity contribution in [1.29, 1.82) is 0 Å². The summed E-state index contributed by atoms with van der Waals surface area (Å²) in [4.78, 5) is 25.4. The van der Waals surface area contributed by atoms with E-state index in [1.807, 2.05) is 0 Å². The molecule has 0 saturated carbocycles. The maximum Gasteiger partial charge on any atom is 0.416 e. The zero-order valence-corrected chi connectivity index (χ0v) is 16.3. The van der Waals surface area contributed by atoms with Gasteiger partial charge in [-0.3, -0.25) is 4.79 Å². The number of carbonyl (C=O) groups excluding carboxylic acids is 2. The molecule has 1 atom stereocenters. The molecule has 1 aliphatic heterocycles. The van der Waals surface area contributed by atoms with Crippen LogP contribution in [-0.4, -0.2) is 36.4 Å². The number of methoxy groups -OCH3 is 1. The fraction of sp³-hybridized carbons (Fsp3) is 0.286. The fourth-order valence-electron chi connectivity index (χ4n) is 3.97. The van der Waals surface area contributed by atoms with Crippen molar-refractivity contribution in [3.8, 4) is 0 Å². The van der Waals surface area contributed by atoms with E-state index >= 15 is 0 Å². The number of benzene rings is 2. The van der Waals surface area contributed by atoms with E-state index in [0.29, 0.717) is 11.1 Å². The van der Waals surface area contributed by atoms with Gasteiger partial charge in [-0.1, -0.05) is 12.1 Å². The van der Waals surface area contributed by atoms with Crippen LogP contribution in [0.4, 0.5) is 28.0 Å². The number of anilines is 1. The molecule has 0 saturated heterocycles. The number of halogens is 4. The van der Waals surface area contributed by atoms with E-state index in [0.717, 1.165) is 29.3 Å². The van der Waals surface area contributed by atoms with E-state index in [1.165, 1.54) is 19.2 Å². The molecule has 0 fully saturated rings. The first-order valence-corrected chi connectivity index (χ1v) is 9.37. The largest absolute Gasteiger partial charge is 0.468 e. The van der Waals surface area contributed by atoms with E-state index in [-0.39, 0.29) is 30.8 Å². The van der Waals surface area contributed by atoms with Gasteiger partial charge in [-0.2, -0.15) is 18.3 Å². The second-order valence-corrected chi connectivity index (χ2v) is 7.35. The standard InChI is InChI=1S/C21H17F4N3O3/c1-31-18(29)20-10-9-14-15(3-2-4-16(14)22)17(20)27-28(11-20)19(30)26-13-7-5-12(6-8-13)21(23,24)25/h2-8H,9-11H2,1H3,(H,26,30). The summed E-state index contributed by atoms with van der Waals surface area (Å²) in [5.74, 6) is -1.02. The minimum atomic E-state index is -4.49. The number of hydrogen-bond acceptors (Lipinski definition) is 4. The zero-order chi connectivity index (χ0) is 22.4. The lowest BCUT2D eigenvalue weighted by Crippen LogP contribution is -2.46. The van der Waals surface area contributed by atoms with Crippen molar-refractivity contribution in [2.45, 2.75) is 19.0 Å². The number of ether oxygens (including phenoxy) is 1. The van der Waals surface area contributed by atoms with Gasteiger partial charge < -0.3 is 10.1 Å². The van der Waals surface area contributed by atoms with Gasteiger partial charge in [-0.05, 0) is 48.7 Å². The molecule has 0 aromatic heterocycles. The van der Waals surface area contributed by atoms with Crippen LogP contribution in [0.25, 0.3) is 0 Å². The van der Waals surface area contributed by atoms with Crippen molar-refractivity contribution < 1.29 is 31.9 Å². The van der Waals surface area contributed by atoms with Crippen LogP contribution in [0.3, 0.4) is 0 Å². The first kappa shape index (κ1) is 20.8. The Morgan fingerprint density at radius 3 is 2.52 bits per heavy atom. The van der Waals surface area contributed by atoms with Crippen LogP contribution in [0.15, 0.2) is 47.6 Å². The number of nitrogens with zero attached hydrogens (tertiary/aromatic N) is 2. The molecule has 0 radical (unpaired) electrons. The SMILES string of the molecule is COC(=O)C12CCc3c(F)cccc3C1=NN(C(=O)Nc1ccc(C(F)(F)F)cc1)C2. The van der Waals surface area contributed by atoms with Crippen molar-refractivity contribution in [2.75, 3.05) is 19.0 Å². The Kier molecular flexibility index (Phi) is 4.95. The third-order valence-electron chi connectivity index (χ3n) is 5.54. The van der Waals surface area contributed by atoms with Crippen molar-refractivity contribution in [1.82, 2.24) is 5.01 Å². The number of rotatable bonds is 2. The Hall–Kier alpha value is -3.43. The molecule has 31 heavy (non-hydrogen) atoms. The van der Waals surface area contributed by atoms with Gasteiger partial charge in [-0.15, -0.1) is 0 Å². The Balaban J connectivity index is 1.63. The number of hydrazone groups is 1. The minimum Gasteiger partial charge on any atom is -0.468 e. The highest BCUT2D eigenvalue weighted by Gasteiger charge is 2.54. The summed E-state index contributed by atoms with van der Waals surface area (Å²) in [6, 6.07) is 7.65. The number of hydrogen-bond donors (Lipinski definition) is 1. The number of esters is 1. The second-order valence-electron chi connectivity index (χ2n) is 7.35. The zero-order valence-electron chi connectivity index (χ0n) is 16.3. The topological polar surface area (TPSA) is 71.0 Å². The molecule has 0 bridgehead atoms. The van der Waals surface area contributed by atoms with Gasteiger partial charge in [0, 0.05) is 11.3 Å². The van der Waals surface area contributed by atoms with Gasteiger partial charge in [0.15, 0.2) is 0 Å². The van der Waals surface area contributed by atoms with Crippen LogP contribution in [0.5, 0.6) is 0 Å². The fourth-order valence-corrected chi connectivity index (χ4v) is 3.97. The van der Waals surface area contributed by atoms with E-state index in [9.17, 15) is 27.2 Å². The van der Waals surface area contributed by atoms with E-state index in [4.69, 9.17) is 4.74 Å². The minimum absolute atomic E-state index is 0.128. The maximum atomic E-state index is 14.3. The van der Waals surface area contributed by atoms with Crippen LogP contribution in [0.2, 0.25) is 0 Å². The van der Waals surface area contributed by atoms with Gasteiger partial charge in [0.1, 0.15) is 11.2 Å². The summed E-state index contributed by atoms with van der Waals surface area (Å²) >= 11 is 0. The monoisotopic (exact) mass is 435 g/mol. The van der Waals surface area contributed by atoms with E-state index in [1.54, 1.807) is 6.07 Å². The number of carbonyl (C=O) groups is 2. The Morgan fingerprint density at radius 1 is 1.16 bits per heavy atom. The lowest BCUT2D eigenvalue weighted by atomic mass is 9.70. The first-order valence-electron chi connectivity index (χ1n) is 9.37. The average Bonchev–Trinajstić information content (AvgIpc) is 3.15. The smallest absolute Gasteiger partial charge is 0.416 e. The molecular formula is C21H17F4N3O3. The third kappa shape index (κ3) is 3.51. The molecule has 162 valence electrons. The van der Waals surface area contributed by atoms with Gasteiger partial charge >= 0.3 is 18.2 Å². The van der Waals surface area contributed by atoms with Gasteiger partial charge in [0.05, 0.1) is 24.9 Å². The number of urea groups is 1. The van der Waals surface area contributed by atoms with Gasteiger partial charge in [0.25, 0.3) is 0 Å².